The molecule has 0 atom stereocenters. The first kappa shape index (κ1) is 17.5. The molecule has 0 aliphatic heterocycles. The molecular formula is C28H28. The van der Waals surface area contributed by atoms with Gasteiger partial charge in [0.05, 0.1) is 0 Å². The summed E-state index contributed by atoms with van der Waals surface area (Å²) in [6, 6.07) is 18.8. The Morgan fingerprint density at radius 2 is 0.571 bits per heavy atom. The molecular weight excluding hydrogens is 336 g/mol. The Bertz CT molecular complexity index is 1040. The van der Waals surface area contributed by atoms with Gasteiger partial charge >= 0.3 is 0 Å². The molecule has 0 saturated heterocycles. The summed E-state index contributed by atoms with van der Waals surface area (Å²) in [7, 11) is 0. The van der Waals surface area contributed by atoms with E-state index >= 15 is 0 Å². The Kier molecular flexibility index (Phi) is 4.05. The molecule has 28 heavy (non-hydrogen) atoms. The van der Waals surface area contributed by atoms with Gasteiger partial charge in [-0.15, -0.1) is 0 Å². The normalized spacial score (nSPS) is 13.9. The van der Waals surface area contributed by atoms with Gasteiger partial charge in [0.1, 0.15) is 0 Å². The minimum Gasteiger partial charge on any atom is -0.0584 e. The van der Waals surface area contributed by atoms with E-state index in [9.17, 15) is 0 Å². The van der Waals surface area contributed by atoms with Crippen LogP contribution in [-0.4, -0.2) is 0 Å². The summed E-state index contributed by atoms with van der Waals surface area (Å²) >= 11 is 0. The van der Waals surface area contributed by atoms with Gasteiger partial charge in [-0.3, -0.25) is 0 Å². The molecule has 0 heterocycles. The fraction of sp³-hybridized carbons (Fsp3) is 0.286. The fourth-order valence-corrected chi connectivity index (χ4v) is 5.38. The van der Waals surface area contributed by atoms with E-state index in [0.29, 0.717) is 0 Å². The van der Waals surface area contributed by atoms with E-state index in [-0.39, 0.29) is 0 Å². The summed E-state index contributed by atoms with van der Waals surface area (Å²) < 4.78 is 0. The molecule has 0 radical (unpaired) electrons. The maximum atomic E-state index is 2.40. The van der Waals surface area contributed by atoms with E-state index in [4.69, 9.17) is 0 Å². The third-order valence-electron chi connectivity index (χ3n) is 6.83. The number of benzene rings is 4. The predicted octanol–water partition coefficient (Wildman–Crippen LogP) is 7.11. The first-order chi connectivity index (χ1) is 13.5. The summed E-state index contributed by atoms with van der Waals surface area (Å²) in [5.41, 5.74) is 11.7. The van der Waals surface area contributed by atoms with Gasteiger partial charge in [-0.2, -0.15) is 0 Å². The monoisotopic (exact) mass is 364 g/mol. The van der Waals surface area contributed by atoms with E-state index in [1.165, 1.54) is 66.1 Å². The van der Waals surface area contributed by atoms with Crippen molar-refractivity contribution in [2.45, 2.75) is 53.4 Å². The van der Waals surface area contributed by atoms with Gasteiger partial charge in [-0.05, 0) is 119 Å². The van der Waals surface area contributed by atoms with Crippen LogP contribution >= 0.6 is 0 Å². The van der Waals surface area contributed by atoms with Crippen LogP contribution in [0.5, 0.6) is 0 Å². The Morgan fingerprint density at radius 3 is 0.786 bits per heavy atom. The summed E-state index contributed by atoms with van der Waals surface area (Å²) in [4.78, 5) is 0. The van der Waals surface area contributed by atoms with Gasteiger partial charge < -0.3 is 0 Å². The van der Waals surface area contributed by atoms with E-state index in [1.807, 2.05) is 0 Å². The van der Waals surface area contributed by atoms with E-state index in [1.54, 1.807) is 0 Å². The van der Waals surface area contributed by atoms with Crippen LogP contribution in [0.1, 0.15) is 44.5 Å². The molecule has 4 aromatic rings. The lowest BCUT2D eigenvalue weighted by atomic mass is 9.84. The topological polar surface area (TPSA) is 0 Å². The van der Waals surface area contributed by atoms with Gasteiger partial charge in [0.15, 0.2) is 0 Å². The summed E-state index contributed by atoms with van der Waals surface area (Å²) in [5, 5.41) is 6.02. The van der Waals surface area contributed by atoms with Gasteiger partial charge in [0.2, 0.25) is 0 Å². The van der Waals surface area contributed by atoms with Crippen molar-refractivity contribution in [3.05, 3.63) is 93.0 Å². The molecule has 0 unspecified atom stereocenters. The molecule has 0 amide bonds. The highest BCUT2D eigenvalue weighted by Crippen LogP contribution is 2.35. The summed E-state index contributed by atoms with van der Waals surface area (Å²) in [6.45, 7) is 9.10. The SMILES string of the molecule is Cc1ccc(C)c2c3ccc(c12)CCc1ccc(c2c(C)ccc(C)c12)CC3. The largest absolute Gasteiger partial charge is 0.0584 e. The second-order valence-corrected chi connectivity index (χ2v) is 8.67. The van der Waals surface area contributed by atoms with Gasteiger partial charge in [0.25, 0.3) is 0 Å². The van der Waals surface area contributed by atoms with Gasteiger partial charge in [-0.25, -0.2) is 0 Å². The minimum atomic E-state index is 1.10. The maximum absolute atomic E-state index is 2.40. The lowest BCUT2D eigenvalue weighted by Gasteiger charge is -2.20. The average Bonchev–Trinajstić information content (AvgIpc) is 2.68. The number of hydrogen-bond acceptors (Lipinski definition) is 0. The standard InChI is InChI=1S/C28H28/c1-17-5-6-18(2)26-22-10-9-21(25(17)26)13-14-23-11-12-24(16-15-22)28-20(4)8-7-19(3)27(23)28/h5-12H,13-16H2,1-4H3. The van der Waals surface area contributed by atoms with Crippen molar-refractivity contribution < 1.29 is 0 Å². The second kappa shape index (κ2) is 6.48. The first-order valence-electron chi connectivity index (χ1n) is 10.6. The van der Waals surface area contributed by atoms with Crippen LogP contribution in [-0.2, 0) is 25.7 Å². The van der Waals surface area contributed by atoms with Crippen molar-refractivity contribution in [2.24, 2.45) is 0 Å². The van der Waals surface area contributed by atoms with Crippen LogP contribution in [0.3, 0.4) is 0 Å². The van der Waals surface area contributed by atoms with Crippen LogP contribution in [0, 0.1) is 27.7 Å². The zero-order valence-electron chi connectivity index (χ0n) is 17.4. The van der Waals surface area contributed by atoms with Crippen molar-refractivity contribution in [2.75, 3.05) is 0 Å². The summed E-state index contributed by atoms with van der Waals surface area (Å²) in [6.07, 6.45) is 4.40. The molecule has 0 fully saturated rings. The Hall–Kier alpha value is -2.60. The smallest absolute Gasteiger partial charge is 0.0117 e. The Labute approximate surface area is 168 Å². The van der Waals surface area contributed by atoms with Crippen molar-refractivity contribution in [3.8, 4) is 0 Å². The maximum Gasteiger partial charge on any atom is -0.0117 e. The molecule has 4 aromatic carbocycles. The predicted molar refractivity (Wildman–Crippen MR) is 122 cm³/mol. The third-order valence-corrected chi connectivity index (χ3v) is 6.83. The quantitative estimate of drug-likeness (QED) is 0.312. The van der Waals surface area contributed by atoms with E-state index < -0.39 is 0 Å². The van der Waals surface area contributed by atoms with E-state index in [2.05, 4.69) is 76.2 Å². The summed E-state index contributed by atoms with van der Waals surface area (Å²) in [5.74, 6) is 0. The molecule has 0 spiro atoms. The molecule has 4 bridgehead atoms. The zero-order valence-corrected chi connectivity index (χ0v) is 17.4. The lowest BCUT2D eigenvalue weighted by molar-refractivity contribution is 0.944. The van der Waals surface area contributed by atoms with Crippen molar-refractivity contribution >= 4 is 21.5 Å². The highest BCUT2D eigenvalue weighted by molar-refractivity contribution is 5.96. The van der Waals surface area contributed by atoms with Crippen LogP contribution < -0.4 is 0 Å². The fourth-order valence-electron chi connectivity index (χ4n) is 5.38. The second-order valence-electron chi connectivity index (χ2n) is 8.67. The molecule has 140 valence electrons. The highest BCUT2D eigenvalue weighted by Gasteiger charge is 2.16. The molecule has 0 N–H and O–H groups in total. The molecule has 0 saturated carbocycles. The van der Waals surface area contributed by atoms with Crippen molar-refractivity contribution in [3.63, 3.8) is 0 Å². The van der Waals surface area contributed by atoms with Crippen LogP contribution in [0.15, 0.2) is 48.5 Å². The Morgan fingerprint density at radius 1 is 0.357 bits per heavy atom. The molecule has 6 rings (SSSR count). The zero-order chi connectivity index (χ0) is 19.4. The number of aryl methyl sites for hydroxylation is 8. The van der Waals surface area contributed by atoms with Gasteiger partial charge in [-0.1, -0.05) is 48.5 Å². The van der Waals surface area contributed by atoms with Gasteiger partial charge in [0, 0.05) is 0 Å². The van der Waals surface area contributed by atoms with Crippen molar-refractivity contribution in [1.29, 1.82) is 0 Å². The van der Waals surface area contributed by atoms with Crippen molar-refractivity contribution in [1.82, 2.24) is 0 Å². The third kappa shape index (κ3) is 2.58. The average molecular weight is 365 g/mol. The van der Waals surface area contributed by atoms with E-state index in [0.717, 1.165) is 25.7 Å². The minimum absolute atomic E-state index is 1.10. The lowest BCUT2D eigenvalue weighted by Crippen LogP contribution is -2.04. The molecule has 0 nitrogen and oxygen atoms in total. The first-order valence-corrected chi connectivity index (χ1v) is 10.6. The molecule has 2 aliphatic rings. The number of fused-ring (bicyclic) bond motifs is 4. The molecule has 0 heteroatoms. The van der Waals surface area contributed by atoms with Crippen LogP contribution in [0.2, 0.25) is 0 Å². The number of rotatable bonds is 0. The van der Waals surface area contributed by atoms with Crippen LogP contribution in [0.25, 0.3) is 21.5 Å². The number of hydrogen-bond donors (Lipinski definition) is 0. The Balaban J connectivity index is 1.81. The van der Waals surface area contributed by atoms with Crippen LogP contribution in [0.4, 0.5) is 0 Å². The molecule has 2 aliphatic carbocycles. The highest BCUT2D eigenvalue weighted by atomic mass is 14.2. The molecule has 0 aromatic heterocycles.